The average Bonchev–Trinajstić information content (AvgIpc) is 2.35. The molecular formula is C14H15N3. The van der Waals surface area contributed by atoms with E-state index in [4.69, 9.17) is 5.26 Å². The maximum Gasteiger partial charge on any atom is 0.103 e. The molecule has 1 aromatic carbocycles. The van der Waals surface area contributed by atoms with Gasteiger partial charge in [-0.1, -0.05) is 32.0 Å². The van der Waals surface area contributed by atoms with Gasteiger partial charge >= 0.3 is 0 Å². The highest BCUT2D eigenvalue weighted by atomic mass is 14.9. The minimum Gasteiger partial charge on any atom is -0.383 e. The second-order valence-corrected chi connectivity index (χ2v) is 4.45. The fourth-order valence-corrected chi connectivity index (χ4v) is 1.72. The van der Waals surface area contributed by atoms with Crippen LogP contribution >= 0.6 is 0 Å². The van der Waals surface area contributed by atoms with Crippen LogP contribution in [0.2, 0.25) is 0 Å². The predicted molar refractivity (Wildman–Crippen MR) is 69.8 cm³/mol. The van der Waals surface area contributed by atoms with Crippen molar-refractivity contribution in [1.29, 1.82) is 5.26 Å². The average molecular weight is 225 g/mol. The largest absolute Gasteiger partial charge is 0.383 e. The Morgan fingerprint density at radius 2 is 2.12 bits per heavy atom. The third-order valence-corrected chi connectivity index (χ3v) is 2.58. The van der Waals surface area contributed by atoms with E-state index in [1.54, 1.807) is 6.20 Å². The van der Waals surface area contributed by atoms with Gasteiger partial charge in [0.25, 0.3) is 0 Å². The third kappa shape index (κ3) is 2.36. The highest BCUT2D eigenvalue weighted by molar-refractivity contribution is 5.93. The molecule has 0 saturated heterocycles. The van der Waals surface area contributed by atoms with Crippen LogP contribution in [-0.4, -0.2) is 11.5 Å². The Morgan fingerprint density at radius 1 is 1.35 bits per heavy atom. The number of para-hydroxylation sites is 1. The van der Waals surface area contributed by atoms with Crippen LogP contribution in [-0.2, 0) is 0 Å². The molecule has 3 nitrogen and oxygen atoms in total. The molecule has 0 aliphatic carbocycles. The molecule has 0 saturated carbocycles. The molecule has 1 aromatic heterocycles. The zero-order valence-corrected chi connectivity index (χ0v) is 10.1. The van der Waals surface area contributed by atoms with E-state index in [1.165, 1.54) is 0 Å². The molecule has 0 aliphatic heterocycles. The minimum absolute atomic E-state index is 0.536. The fourth-order valence-electron chi connectivity index (χ4n) is 1.72. The van der Waals surface area contributed by atoms with Gasteiger partial charge in [0.05, 0.1) is 16.8 Å². The number of fused-ring (bicyclic) bond motifs is 1. The molecule has 0 fully saturated rings. The number of hydrogen-bond acceptors (Lipinski definition) is 3. The van der Waals surface area contributed by atoms with Crippen LogP contribution in [0, 0.1) is 17.2 Å². The van der Waals surface area contributed by atoms with Gasteiger partial charge in [-0.05, 0) is 12.0 Å². The molecule has 17 heavy (non-hydrogen) atoms. The summed E-state index contributed by atoms with van der Waals surface area (Å²) in [4.78, 5) is 4.28. The summed E-state index contributed by atoms with van der Waals surface area (Å²) in [6, 6.07) is 10.0. The maximum absolute atomic E-state index is 9.11. The van der Waals surface area contributed by atoms with Crippen molar-refractivity contribution < 1.29 is 0 Å². The number of nitriles is 1. The summed E-state index contributed by atoms with van der Waals surface area (Å²) in [5, 5.41) is 13.5. The molecule has 0 spiro atoms. The van der Waals surface area contributed by atoms with Gasteiger partial charge in [0.1, 0.15) is 6.07 Å². The second-order valence-electron chi connectivity index (χ2n) is 4.45. The van der Waals surface area contributed by atoms with Crippen LogP contribution in [0.1, 0.15) is 19.4 Å². The topological polar surface area (TPSA) is 48.7 Å². The lowest BCUT2D eigenvalue weighted by atomic mass is 10.1. The van der Waals surface area contributed by atoms with E-state index < -0.39 is 0 Å². The quantitative estimate of drug-likeness (QED) is 0.872. The number of pyridine rings is 1. The summed E-state index contributed by atoms with van der Waals surface area (Å²) in [7, 11) is 0. The molecule has 2 rings (SSSR count). The summed E-state index contributed by atoms with van der Waals surface area (Å²) in [6.07, 6.45) is 1.63. The summed E-state index contributed by atoms with van der Waals surface area (Å²) in [5.74, 6) is 0.536. The number of nitrogens with one attached hydrogen (secondary N) is 1. The highest BCUT2D eigenvalue weighted by Crippen LogP contribution is 2.25. The van der Waals surface area contributed by atoms with Crippen molar-refractivity contribution in [3.63, 3.8) is 0 Å². The minimum atomic E-state index is 0.536. The zero-order valence-electron chi connectivity index (χ0n) is 10.1. The van der Waals surface area contributed by atoms with Gasteiger partial charge in [0, 0.05) is 18.1 Å². The maximum atomic E-state index is 9.11. The molecule has 1 N–H and O–H groups in total. The smallest absolute Gasteiger partial charge is 0.103 e. The standard InChI is InChI=1S/C14H15N3/c1-10(2)8-17-14-11(7-15)9-16-13-6-4-3-5-12(13)14/h3-6,9-10H,8H2,1-2H3,(H,16,17). The number of rotatable bonds is 3. The molecule has 0 radical (unpaired) electrons. The molecule has 86 valence electrons. The number of anilines is 1. The molecule has 2 aromatic rings. The fraction of sp³-hybridized carbons (Fsp3) is 0.286. The Hall–Kier alpha value is -2.08. The van der Waals surface area contributed by atoms with Crippen molar-refractivity contribution in [3.8, 4) is 6.07 Å². The van der Waals surface area contributed by atoms with Gasteiger partial charge in [-0.25, -0.2) is 0 Å². The van der Waals surface area contributed by atoms with Crippen LogP contribution in [0.25, 0.3) is 10.9 Å². The number of hydrogen-bond donors (Lipinski definition) is 1. The summed E-state index contributed by atoms with van der Waals surface area (Å²) >= 11 is 0. The van der Waals surface area contributed by atoms with Crippen molar-refractivity contribution in [2.45, 2.75) is 13.8 Å². The normalized spacial score (nSPS) is 10.5. The van der Waals surface area contributed by atoms with E-state index in [1.807, 2.05) is 24.3 Å². The lowest BCUT2D eigenvalue weighted by Crippen LogP contribution is -2.09. The van der Waals surface area contributed by atoms with Crippen molar-refractivity contribution in [2.24, 2.45) is 5.92 Å². The van der Waals surface area contributed by atoms with Crippen LogP contribution in [0.15, 0.2) is 30.5 Å². The van der Waals surface area contributed by atoms with E-state index in [0.29, 0.717) is 11.5 Å². The van der Waals surface area contributed by atoms with Gasteiger partial charge in [0.2, 0.25) is 0 Å². The molecule has 0 aliphatic rings. The molecular weight excluding hydrogens is 210 g/mol. The Bertz CT molecular complexity index is 567. The summed E-state index contributed by atoms with van der Waals surface area (Å²) in [6.45, 7) is 5.13. The first-order valence-electron chi connectivity index (χ1n) is 5.74. The van der Waals surface area contributed by atoms with E-state index in [2.05, 4.69) is 30.2 Å². The predicted octanol–water partition coefficient (Wildman–Crippen LogP) is 3.17. The Balaban J connectivity index is 2.52. The first kappa shape index (κ1) is 11.4. The Morgan fingerprint density at radius 3 is 2.82 bits per heavy atom. The lowest BCUT2D eigenvalue weighted by Gasteiger charge is -2.12. The van der Waals surface area contributed by atoms with Crippen molar-refractivity contribution >= 4 is 16.6 Å². The molecule has 0 bridgehead atoms. The van der Waals surface area contributed by atoms with E-state index in [0.717, 1.165) is 23.1 Å². The number of benzene rings is 1. The molecule has 0 amide bonds. The van der Waals surface area contributed by atoms with Crippen molar-refractivity contribution in [3.05, 3.63) is 36.0 Å². The van der Waals surface area contributed by atoms with Crippen LogP contribution in [0.5, 0.6) is 0 Å². The monoisotopic (exact) mass is 225 g/mol. The highest BCUT2D eigenvalue weighted by Gasteiger charge is 2.08. The first-order valence-corrected chi connectivity index (χ1v) is 5.74. The van der Waals surface area contributed by atoms with E-state index in [9.17, 15) is 0 Å². The van der Waals surface area contributed by atoms with Crippen LogP contribution < -0.4 is 5.32 Å². The molecule has 0 unspecified atom stereocenters. The van der Waals surface area contributed by atoms with Crippen LogP contribution in [0.4, 0.5) is 5.69 Å². The first-order chi connectivity index (χ1) is 8.22. The second kappa shape index (κ2) is 4.84. The molecule has 0 atom stereocenters. The Kier molecular flexibility index (Phi) is 3.24. The van der Waals surface area contributed by atoms with Gasteiger partial charge in [-0.15, -0.1) is 0 Å². The lowest BCUT2D eigenvalue weighted by molar-refractivity contribution is 0.689. The van der Waals surface area contributed by atoms with E-state index >= 15 is 0 Å². The van der Waals surface area contributed by atoms with Gasteiger partial charge in [-0.3, -0.25) is 4.98 Å². The van der Waals surface area contributed by atoms with Gasteiger partial charge < -0.3 is 5.32 Å². The van der Waals surface area contributed by atoms with E-state index in [-0.39, 0.29) is 0 Å². The van der Waals surface area contributed by atoms with Gasteiger partial charge in [-0.2, -0.15) is 5.26 Å². The van der Waals surface area contributed by atoms with Gasteiger partial charge in [0.15, 0.2) is 0 Å². The SMILES string of the molecule is CC(C)CNc1c(C#N)cnc2ccccc12. The number of nitrogens with zero attached hydrogens (tertiary/aromatic N) is 2. The molecule has 3 heteroatoms. The Labute approximate surface area is 101 Å². The van der Waals surface area contributed by atoms with Crippen molar-refractivity contribution in [2.75, 3.05) is 11.9 Å². The summed E-state index contributed by atoms with van der Waals surface area (Å²) < 4.78 is 0. The molecule has 1 heterocycles. The summed E-state index contributed by atoms with van der Waals surface area (Å²) in [5.41, 5.74) is 2.41. The zero-order chi connectivity index (χ0) is 12.3. The van der Waals surface area contributed by atoms with Crippen LogP contribution in [0.3, 0.4) is 0 Å². The third-order valence-electron chi connectivity index (χ3n) is 2.58. The number of aromatic nitrogens is 1. The van der Waals surface area contributed by atoms with Crippen molar-refractivity contribution in [1.82, 2.24) is 4.98 Å².